The van der Waals surface area contributed by atoms with E-state index in [-0.39, 0.29) is 5.78 Å². The van der Waals surface area contributed by atoms with Crippen LogP contribution in [0.5, 0.6) is 0 Å². The van der Waals surface area contributed by atoms with Gasteiger partial charge in [-0.15, -0.1) is 0 Å². The molecule has 2 aromatic carbocycles. The van der Waals surface area contributed by atoms with Gasteiger partial charge in [-0.25, -0.2) is 0 Å². The molecular weight excluding hydrogens is 236 g/mol. The van der Waals surface area contributed by atoms with E-state index in [9.17, 15) is 4.79 Å². The Bertz CT molecular complexity index is 574. The molecule has 0 saturated heterocycles. The predicted octanol–water partition coefficient (Wildman–Crippen LogP) is 4.23. The van der Waals surface area contributed by atoms with Crippen LogP contribution in [0.3, 0.4) is 0 Å². The normalized spacial score (nSPS) is 11.7. The average molecular weight is 256 g/mol. The first-order valence-corrected chi connectivity index (χ1v) is 6.75. The number of rotatable bonds is 5. The van der Waals surface area contributed by atoms with Crippen LogP contribution in [0.1, 0.15) is 37.0 Å². The molecule has 2 aromatic rings. The van der Waals surface area contributed by atoms with Gasteiger partial charge in [0.2, 0.25) is 0 Å². The van der Waals surface area contributed by atoms with E-state index in [2.05, 4.69) is 0 Å². The number of methoxy groups -OCH3 is 1. The lowest BCUT2D eigenvalue weighted by atomic mass is 9.87. The summed E-state index contributed by atoms with van der Waals surface area (Å²) in [5.41, 5.74) is 0.0342. The zero-order chi connectivity index (χ0) is 13.9. The number of carbonyl (C=O) groups excluding carboxylic acids is 1. The third kappa shape index (κ3) is 2.41. The monoisotopic (exact) mass is 256 g/mol. The van der Waals surface area contributed by atoms with Crippen LogP contribution in [0.15, 0.2) is 42.5 Å². The van der Waals surface area contributed by atoms with E-state index >= 15 is 0 Å². The molecule has 0 unspecified atom stereocenters. The molecular formula is C17H20O2. The Hall–Kier alpha value is -1.67. The standard InChI is InChI=1S/C17H20O2/c1-4-17(5-2,19-3)16(18)15-11-10-13-8-6-7-9-14(13)12-15/h6-12H,4-5H2,1-3H3. The smallest absolute Gasteiger partial charge is 0.194 e. The molecule has 2 heteroatoms. The van der Waals surface area contributed by atoms with E-state index in [1.54, 1.807) is 7.11 Å². The minimum absolute atomic E-state index is 0.0748. The summed E-state index contributed by atoms with van der Waals surface area (Å²) in [7, 11) is 1.62. The molecule has 0 spiro atoms. The highest BCUT2D eigenvalue weighted by Crippen LogP contribution is 2.26. The van der Waals surface area contributed by atoms with Crippen molar-refractivity contribution in [2.45, 2.75) is 32.3 Å². The summed E-state index contributed by atoms with van der Waals surface area (Å²) in [5, 5.41) is 2.24. The van der Waals surface area contributed by atoms with Crippen molar-refractivity contribution >= 4 is 16.6 Å². The van der Waals surface area contributed by atoms with Crippen LogP contribution in [0.4, 0.5) is 0 Å². The maximum absolute atomic E-state index is 12.7. The molecule has 0 saturated carbocycles. The van der Waals surface area contributed by atoms with Crippen LogP contribution in [0, 0.1) is 0 Å². The average Bonchev–Trinajstić information content (AvgIpc) is 2.49. The molecule has 0 aromatic heterocycles. The van der Waals surface area contributed by atoms with Gasteiger partial charge in [0.05, 0.1) is 0 Å². The van der Waals surface area contributed by atoms with Gasteiger partial charge in [0.15, 0.2) is 5.78 Å². The maximum atomic E-state index is 12.7. The third-order valence-corrected chi connectivity index (χ3v) is 3.96. The van der Waals surface area contributed by atoms with Crippen molar-refractivity contribution < 1.29 is 9.53 Å². The second-order valence-corrected chi connectivity index (χ2v) is 4.80. The molecule has 0 aliphatic heterocycles. The summed E-state index contributed by atoms with van der Waals surface area (Å²) in [6, 6.07) is 13.9. The fourth-order valence-corrected chi connectivity index (χ4v) is 2.55. The summed E-state index contributed by atoms with van der Waals surface area (Å²) in [5.74, 6) is 0.0748. The Morgan fingerprint density at radius 2 is 1.68 bits per heavy atom. The summed E-state index contributed by atoms with van der Waals surface area (Å²) in [4.78, 5) is 12.7. The molecule has 0 fully saturated rings. The number of hydrogen-bond acceptors (Lipinski definition) is 2. The molecule has 0 amide bonds. The number of Topliss-reactive ketones (excluding diaryl/α,β-unsaturated/α-hetero) is 1. The molecule has 0 N–H and O–H groups in total. The van der Waals surface area contributed by atoms with Crippen molar-refractivity contribution in [3.8, 4) is 0 Å². The van der Waals surface area contributed by atoms with Gasteiger partial charge in [0, 0.05) is 12.7 Å². The molecule has 0 bridgehead atoms. The first kappa shape index (κ1) is 13.8. The number of hydrogen-bond donors (Lipinski definition) is 0. The van der Waals surface area contributed by atoms with Crippen molar-refractivity contribution in [1.82, 2.24) is 0 Å². The van der Waals surface area contributed by atoms with Gasteiger partial charge in [-0.05, 0) is 29.7 Å². The Kier molecular flexibility index (Phi) is 4.01. The second kappa shape index (κ2) is 5.54. The molecule has 100 valence electrons. The summed E-state index contributed by atoms with van der Waals surface area (Å²) in [6.45, 7) is 3.98. The molecule has 0 aliphatic carbocycles. The van der Waals surface area contributed by atoms with Gasteiger partial charge >= 0.3 is 0 Å². The minimum atomic E-state index is -0.692. The fraction of sp³-hybridized carbons (Fsp3) is 0.353. The number of fused-ring (bicyclic) bond motifs is 1. The summed E-state index contributed by atoms with van der Waals surface area (Å²) >= 11 is 0. The lowest BCUT2D eigenvalue weighted by Gasteiger charge is -2.28. The molecule has 0 radical (unpaired) electrons. The number of ether oxygens (including phenoxy) is 1. The quantitative estimate of drug-likeness (QED) is 0.748. The second-order valence-electron chi connectivity index (χ2n) is 4.80. The Morgan fingerprint density at radius 1 is 1.05 bits per heavy atom. The topological polar surface area (TPSA) is 26.3 Å². The van der Waals surface area contributed by atoms with Crippen LogP contribution in [0.25, 0.3) is 10.8 Å². The SMILES string of the molecule is CCC(CC)(OC)C(=O)c1ccc2ccccc2c1. The zero-order valence-electron chi connectivity index (χ0n) is 11.8. The maximum Gasteiger partial charge on any atom is 0.194 e. The third-order valence-electron chi connectivity index (χ3n) is 3.96. The van der Waals surface area contributed by atoms with Crippen LogP contribution >= 0.6 is 0 Å². The molecule has 2 nitrogen and oxygen atoms in total. The molecule has 0 aliphatic rings. The van der Waals surface area contributed by atoms with Crippen LogP contribution in [-0.2, 0) is 4.74 Å². The Balaban J connectivity index is 2.46. The van der Waals surface area contributed by atoms with Gasteiger partial charge < -0.3 is 4.74 Å². The van der Waals surface area contributed by atoms with Gasteiger partial charge in [0.1, 0.15) is 5.60 Å². The highest BCUT2D eigenvalue weighted by atomic mass is 16.5. The van der Waals surface area contributed by atoms with Crippen molar-refractivity contribution in [3.63, 3.8) is 0 Å². The van der Waals surface area contributed by atoms with E-state index in [1.807, 2.05) is 56.3 Å². The largest absolute Gasteiger partial charge is 0.370 e. The van der Waals surface area contributed by atoms with Crippen LogP contribution in [0.2, 0.25) is 0 Å². The zero-order valence-corrected chi connectivity index (χ0v) is 11.8. The lowest BCUT2D eigenvalue weighted by molar-refractivity contribution is -0.00260. The number of benzene rings is 2. The molecule has 0 heterocycles. The van der Waals surface area contributed by atoms with Crippen molar-refractivity contribution in [3.05, 3.63) is 48.0 Å². The van der Waals surface area contributed by atoms with Crippen LogP contribution in [-0.4, -0.2) is 18.5 Å². The first-order chi connectivity index (χ1) is 9.16. The lowest BCUT2D eigenvalue weighted by Crippen LogP contribution is -2.39. The van der Waals surface area contributed by atoms with Gasteiger partial charge in [0.25, 0.3) is 0 Å². The van der Waals surface area contributed by atoms with E-state index in [0.29, 0.717) is 12.8 Å². The molecule has 2 rings (SSSR count). The van der Waals surface area contributed by atoms with Gasteiger partial charge in [-0.3, -0.25) is 4.79 Å². The summed E-state index contributed by atoms with van der Waals surface area (Å²) in [6.07, 6.45) is 1.37. The molecule has 19 heavy (non-hydrogen) atoms. The van der Waals surface area contributed by atoms with Crippen LogP contribution < -0.4 is 0 Å². The van der Waals surface area contributed by atoms with Crippen molar-refractivity contribution in [2.24, 2.45) is 0 Å². The van der Waals surface area contributed by atoms with E-state index in [4.69, 9.17) is 4.74 Å². The number of ketones is 1. The predicted molar refractivity (Wildman–Crippen MR) is 78.6 cm³/mol. The Labute approximate surface area is 114 Å². The Morgan fingerprint density at radius 3 is 2.26 bits per heavy atom. The van der Waals surface area contributed by atoms with Gasteiger partial charge in [-0.2, -0.15) is 0 Å². The van der Waals surface area contributed by atoms with Crippen molar-refractivity contribution in [1.29, 1.82) is 0 Å². The molecule has 0 atom stereocenters. The minimum Gasteiger partial charge on any atom is -0.370 e. The van der Waals surface area contributed by atoms with E-state index in [1.165, 1.54) is 0 Å². The summed E-state index contributed by atoms with van der Waals surface area (Å²) < 4.78 is 5.51. The highest BCUT2D eigenvalue weighted by Gasteiger charge is 2.35. The van der Waals surface area contributed by atoms with Gasteiger partial charge in [-0.1, -0.05) is 50.2 Å². The fourth-order valence-electron chi connectivity index (χ4n) is 2.55. The highest BCUT2D eigenvalue weighted by molar-refractivity contribution is 6.05. The first-order valence-electron chi connectivity index (χ1n) is 6.75. The number of carbonyl (C=O) groups is 1. The van der Waals surface area contributed by atoms with E-state index < -0.39 is 5.60 Å². The van der Waals surface area contributed by atoms with Crippen molar-refractivity contribution in [2.75, 3.05) is 7.11 Å². The van der Waals surface area contributed by atoms with E-state index in [0.717, 1.165) is 16.3 Å².